The maximum Gasteiger partial charge on any atom is 0.230 e. The van der Waals surface area contributed by atoms with Gasteiger partial charge in [-0.3, -0.25) is 4.79 Å². The Balaban J connectivity index is 1.48. The second-order valence-electron chi connectivity index (χ2n) is 6.26. The topological polar surface area (TPSA) is 29.1 Å². The first-order valence-corrected chi connectivity index (χ1v) is 9.89. The summed E-state index contributed by atoms with van der Waals surface area (Å²) in [5, 5.41) is 3.86. The molecule has 0 spiro atoms. The van der Waals surface area contributed by atoms with Crippen molar-refractivity contribution < 1.29 is 4.79 Å². The number of hydrogen-bond acceptors (Lipinski definition) is 2. The SMILES string of the molecule is CC(NC(=O)CSCc1ccccc1Cl)c1ccc2c(c1)CCC2. The van der Waals surface area contributed by atoms with Crippen LogP contribution in [0.2, 0.25) is 5.02 Å². The lowest BCUT2D eigenvalue weighted by Crippen LogP contribution is -2.28. The first-order valence-electron chi connectivity index (χ1n) is 8.35. The van der Waals surface area contributed by atoms with Crippen LogP contribution in [0.5, 0.6) is 0 Å². The predicted octanol–water partition coefficient (Wildman–Crippen LogP) is 4.94. The van der Waals surface area contributed by atoms with Crippen LogP contribution in [0.25, 0.3) is 0 Å². The van der Waals surface area contributed by atoms with E-state index in [1.165, 1.54) is 29.5 Å². The highest BCUT2D eigenvalue weighted by molar-refractivity contribution is 7.99. The Morgan fingerprint density at radius 2 is 2.00 bits per heavy atom. The number of amides is 1. The van der Waals surface area contributed by atoms with Crippen molar-refractivity contribution in [2.75, 3.05) is 5.75 Å². The summed E-state index contributed by atoms with van der Waals surface area (Å²) in [4.78, 5) is 12.2. The number of aryl methyl sites for hydroxylation is 2. The summed E-state index contributed by atoms with van der Waals surface area (Å²) in [6.45, 7) is 2.05. The Labute approximate surface area is 153 Å². The highest BCUT2D eigenvalue weighted by Crippen LogP contribution is 2.25. The highest BCUT2D eigenvalue weighted by Gasteiger charge is 2.15. The molecule has 2 nitrogen and oxygen atoms in total. The van der Waals surface area contributed by atoms with Crippen LogP contribution in [0.1, 0.15) is 41.6 Å². The lowest BCUT2D eigenvalue weighted by molar-refractivity contribution is -0.119. The molecule has 0 saturated heterocycles. The summed E-state index contributed by atoms with van der Waals surface area (Å²) in [5.74, 6) is 1.26. The number of thioether (sulfide) groups is 1. The van der Waals surface area contributed by atoms with Crippen LogP contribution in [-0.2, 0) is 23.4 Å². The quantitative estimate of drug-likeness (QED) is 0.791. The van der Waals surface area contributed by atoms with Gasteiger partial charge in [0, 0.05) is 10.8 Å². The van der Waals surface area contributed by atoms with Gasteiger partial charge in [0.05, 0.1) is 11.8 Å². The van der Waals surface area contributed by atoms with Gasteiger partial charge in [-0.25, -0.2) is 0 Å². The van der Waals surface area contributed by atoms with E-state index in [1.54, 1.807) is 11.8 Å². The normalized spacial score (nSPS) is 14.2. The highest BCUT2D eigenvalue weighted by atomic mass is 35.5. The fourth-order valence-electron chi connectivity index (χ4n) is 3.10. The van der Waals surface area contributed by atoms with Crippen LogP contribution in [0.3, 0.4) is 0 Å². The third-order valence-electron chi connectivity index (χ3n) is 4.45. The number of fused-ring (bicyclic) bond motifs is 1. The Morgan fingerprint density at radius 1 is 1.21 bits per heavy atom. The minimum Gasteiger partial charge on any atom is -0.349 e. The average Bonchev–Trinajstić information content (AvgIpc) is 3.04. The molecule has 0 bridgehead atoms. The lowest BCUT2D eigenvalue weighted by atomic mass is 10.0. The molecule has 4 heteroatoms. The maximum absolute atomic E-state index is 12.2. The van der Waals surface area contributed by atoms with Gasteiger partial charge in [-0.2, -0.15) is 0 Å². The summed E-state index contributed by atoms with van der Waals surface area (Å²) in [5.41, 5.74) is 5.18. The third kappa shape index (κ3) is 4.34. The zero-order chi connectivity index (χ0) is 16.9. The molecule has 1 aliphatic rings. The summed E-state index contributed by atoms with van der Waals surface area (Å²) in [6, 6.07) is 14.4. The van der Waals surface area contributed by atoms with Gasteiger partial charge in [0.25, 0.3) is 0 Å². The van der Waals surface area contributed by atoms with E-state index in [4.69, 9.17) is 11.6 Å². The number of hydrogen-bond donors (Lipinski definition) is 1. The van der Waals surface area contributed by atoms with Crippen LogP contribution < -0.4 is 5.32 Å². The molecule has 0 radical (unpaired) electrons. The van der Waals surface area contributed by atoms with Crippen molar-refractivity contribution in [2.45, 2.75) is 38.0 Å². The van der Waals surface area contributed by atoms with Crippen molar-refractivity contribution >= 4 is 29.3 Å². The Bertz CT molecular complexity index is 731. The molecule has 0 aliphatic heterocycles. The lowest BCUT2D eigenvalue weighted by Gasteiger charge is -2.15. The first kappa shape index (κ1) is 17.4. The maximum atomic E-state index is 12.2. The number of rotatable bonds is 6. The molecule has 1 atom stereocenters. The summed E-state index contributed by atoms with van der Waals surface area (Å²) in [7, 11) is 0. The largest absolute Gasteiger partial charge is 0.349 e. The molecule has 1 aliphatic carbocycles. The van der Waals surface area contributed by atoms with E-state index in [-0.39, 0.29) is 11.9 Å². The molecule has 126 valence electrons. The number of benzene rings is 2. The molecule has 2 aromatic carbocycles. The van der Waals surface area contributed by atoms with Gasteiger partial charge in [0.15, 0.2) is 0 Å². The molecule has 1 unspecified atom stereocenters. The standard InChI is InChI=1S/C20H22ClNOS/c1-14(16-10-9-15-6-4-7-17(15)11-16)22-20(23)13-24-12-18-5-2-3-8-19(18)21/h2-3,5,8-11,14H,4,6-7,12-13H2,1H3,(H,22,23). The van der Waals surface area contributed by atoms with Crippen molar-refractivity contribution in [1.29, 1.82) is 0 Å². The minimum atomic E-state index is 0.0457. The molecule has 0 fully saturated rings. The molecule has 1 N–H and O–H groups in total. The van der Waals surface area contributed by atoms with E-state index < -0.39 is 0 Å². The van der Waals surface area contributed by atoms with Crippen molar-refractivity contribution in [2.24, 2.45) is 0 Å². The molecule has 1 amide bonds. The molecular formula is C20H22ClNOS. The first-order chi connectivity index (χ1) is 11.6. The second-order valence-corrected chi connectivity index (χ2v) is 7.65. The molecule has 0 aromatic heterocycles. The fraction of sp³-hybridized carbons (Fsp3) is 0.350. The van der Waals surface area contributed by atoms with Gasteiger partial charge in [0.2, 0.25) is 5.91 Å². The van der Waals surface area contributed by atoms with E-state index in [9.17, 15) is 4.79 Å². The van der Waals surface area contributed by atoms with E-state index in [0.29, 0.717) is 5.75 Å². The molecule has 0 saturated carbocycles. The Morgan fingerprint density at radius 3 is 2.83 bits per heavy atom. The van der Waals surface area contributed by atoms with E-state index in [0.717, 1.165) is 22.8 Å². The number of carbonyl (C=O) groups excluding carboxylic acids is 1. The van der Waals surface area contributed by atoms with Crippen LogP contribution >= 0.6 is 23.4 Å². The predicted molar refractivity (Wildman–Crippen MR) is 103 cm³/mol. The van der Waals surface area contributed by atoms with Gasteiger partial charge in [-0.05, 0) is 54.5 Å². The van der Waals surface area contributed by atoms with E-state index in [1.807, 2.05) is 31.2 Å². The molecule has 0 heterocycles. The fourth-order valence-corrected chi connectivity index (χ4v) is 4.22. The summed E-state index contributed by atoms with van der Waals surface area (Å²) >= 11 is 7.73. The van der Waals surface area contributed by atoms with Crippen molar-refractivity contribution in [3.05, 3.63) is 69.7 Å². The zero-order valence-corrected chi connectivity index (χ0v) is 15.4. The van der Waals surface area contributed by atoms with E-state index in [2.05, 4.69) is 23.5 Å². The van der Waals surface area contributed by atoms with Crippen LogP contribution in [-0.4, -0.2) is 11.7 Å². The van der Waals surface area contributed by atoms with Crippen LogP contribution in [0, 0.1) is 0 Å². The van der Waals surface area contributed by atoms with Gasteiger partial charge >= 0.3 is 0 Å². The van der Waals surface area contributed by atoms with E-state index >= 15 is 0 Å². The molecule has 3 rings (SSSR count). The summed E-state index contributed by atoms with van der Waals surface area (Å²) < 4.78 is 0. The average molecular weight is 360 g/mol. The van der Waals surface area contributed by atoms with Gasteiger partial charge in [-0.15, -0.1) is 11.8 Å². The Hall–Kier alpha value is -1.45. The smallest absolute Gasteiger partial charge is 0.230 e. The van der Waals surface area contributed by atoms with Gasteiger partial charge in [-0.1, -0.05) is 48.0 Å². The minimum absolute atomic E-state index is 0.0457. The molecule has 2 aromatic rings. The van der Waals surface area contributed by atoms with Crippen molar-refractivity contribution in [3.8, 4) is 0 Å². The third-order valence-corrected chi connectivity index (χ3v) is 5.80. The Kier molecular flexibility index (Phi) is 5.85. The number of halogens is 1. The van der Waals surface area contributed by atoms with Crippen molar-refractivity contribution in [1.82, 2.24) is 5.32 Å². The van der Waals surface area contributed by atoms with Crippen molar-refractivity contribution in [3.63, 3.8) is 0 Å². The second kappa shape index (κ2) is 8.09. The summed E-state index contributed by atoms with van der Waals surface area (Å²) in [6.07, 6.45) is 3.60. The monoisotopic (exact) mass is 359 g/mol. The molecular weight excluding hydrogens is 338 g/mol. The van der Waals surface area contributed by atoms with Gasteiger partial charge < -0.3 is 5.32 Å². The van der Waals surface area contributed by atoms with Crippen LogP contribution in [0.15, 0.2) is 42.5 Å². The van der Waals surface area contributed by atoms with Gasteiger partial charge in [0.1, 0.15) is 0 Å². The van der Waals surface area contributed by atoms with Crippen LogP contribution in [0.4, 0.5) is 0 Å². The number of carbonyl (C=O) groups is 1. The zero-order valence-electron chi connectivity index (χ0n) is 13.8. The molecule has 24 heavy (non-hydrogen) atoms. The number of nitrogens with one attached hydrogen (secondary N) is 1.